The summed E-state index contributed by atoms with van der Waals surface area (Å²) in [4.78, 5) is 47.6. The Morgan fingerprint density at radius 2 is 1.87 bits per heavy atom. The summed E-state index contributed by atoms with van der Waals surface area (Å²) in [7, 11) is 0. The van der Waals surface area contributed by atoms with E-state index < -0.39 is 34.9 Å². The van der Waals surface area contributed by atoms with Gasteiger partial charge in [-0.15, -0.1) is 0 Å². The van der Waals surface area contributed by atoms with Gasteiger partial charge in [-0.3, -0.25) is 25.1 Å². The number of amides is 4. The van der Waals surface area contributed by atoms with Gasteiger partial charge in [0.15, 0.2) is 6.61 Å². The molecule has 0 unspecified atom stereocenters. The molecule has 1 fully saturated rings. The summed E-state index contributed by atoms with van der Waals surface area (Å²) in [5, 5.41) is 13.9. The fraction of sp³-hybridized carbons (Fsp3) is 0.250. The molecule has 0 bridgehead atoms. The molecule has 1 heterocycles. The van der Waals surface area contributed by atoms with Gasteiger partial charge >= 0.3 is 6.03 Å². The molecular formula is C20H20N4O6. The van der Waals surface area contributed by atoms with E-state index in [4.69, 9.17) is 4.74 Å². The highest BCUT2D eigenvalue weighted by molar-refractivity contribution is 6.08. The third kappa shape index (κ3) is 3.93. The van der Waals surface area contributed by atoms with E-state index in [2.05, 4.69) is 10.7 Å². The molecule has 1 atom stereocenters. The van der Waals surface area contributed by atoms with E-state index >= 15 is 0 Å². The number of hydrazine groups is 1. The van der Waals surface area contributed by atoms with Crippen LogP contribution in [-0.4, -0.2) is 34.4 Å². The van der Waals surface area contributed by atoms with Crippen LogP contribution in [-0.2, 0) is 15.1 Å². The maximum atomic E-state index is 12.8. The Bertz CT molecular complexity index is 1040. The Morgan fingerprint density at radius 3 is 2.50 bits per heavy atom. The molecule has 30 heavy (non-hydrogen) atoms. The molecule has 1 aliphatic heterocycles. The van der Waals surface area contributed by atoms with E-state index in [-0.39, 0.29) is 5.69 Å². The molecule has 0 radical (unpaired) electrons. The summed E-state index contributed by atoms with van der Waals surface area (Å²) < 4.78 is 5.49. The summed E-state index contributed by atoms with van der Waals surface area (Å²) in [6, 6.07) is 9.96. The lowest BCUT2D eigenvalue weighted by atomic mass is 9.92. The van der Waals surface area contributed by atoms with Crippen molar-refractivity contribution in [2.45, 2.75) is 26.3 Å². The van der Waals surface area contributed by atoms with Crippen LogP contribution in [0.3, 0.4) is 0 Å². The van der Waals surface area contributed by atoms with Crippen molar-refractivity contribution in [2.24, 2.45) is 0 Å². The number of hydrogen-bond donors (Lipinski definition) is 2. The molecule has 10 nitrogen and oxygen atoms in total. The third-order valence-electron chi connectivity index (χ3n) is 4.79. The number of imide groups is 1. The average Bonchev–Trinajstić information content (AvgIpc) is 2.92. The van der Waals surface area contributed by atoms with Crippen LogP contribution in [0, 0.1) is 24.0 Å². The van der Waals surface area contributed by atoms with Gasteiger partial charge in [-0.1, -0.05) is 12.1 Å². The maximum Gasteiger partial charge on any atom is 0.344 e. The molecule has 2 aromatic rings. The molecule has 0 aromatic heterocycles. The predicted octanol–water partition coefficient (Wildman–Crippen LogP) is 2.09. The van der Waals surface area contributed by atoms with Gasteiger partial charge in [0.25, 0.3) is 17.5 Å². The number of urea groups is 1. The molecule has 3 rings (SSSR count). The number of carbonyl (C=O) groups excluding carboxylic acids is 3. The molecule has 156 valence electrons. The number of nitrogens with one attached hydrogen (secondary N) is 2. The molecule has 4 amide bonds. The minimum Gasteiger partial charge on any atom is -0.483 e. The number of rotatable bonds is 6. The summed E-state index contributed by atoms with van der Waals surface area (Å²) >= 11 is 0. The van der Waals surface area contributed by atoms with Gasteiger partial charge in [0, 0.05) is 12.1 Å². The number of nitro benzene ring substituents is 1. The lowest BCUT2D eigenvalue weighted by molar-refractivity contribution is -0.384. The number of aryl methyl sites for hydroxylation is 2. The zero-order valence-electron chi connectivity index (χ0n) is 16.6. The van der Waals surface area contributed by atoms with Gasteiger partial charge in [-0.2, -0.15) is 5.01 Å². The molecular weight excluding hydrogens is 392 g/mol. The average molecular weight is 412 g/mol. The standard InChI is InChI=1S/C20H20N4O6/c1-12-4-5-13(2)16(10-12)30-11-17(25)22-23-18(26)20(3,21-19(23)27)14-6-8-15(9-7-14)24(28)29/h4-10H,11H2,1-3H3,(H,21,27)(H,22,25)/t20-/m0/s1. The summed E-state index contributed by atoms with van der Waals surface area (Å²) in [6.45, 7) is 4.78. The Labute approximate surface area is 171 Å². The number of benzene rings is 2. The molecule has 0 saturated carbocycles. The zero-order valence-corrected chi connectivity index (χ0v) is 16.6. The molecule has 0 spiro atoms. The highest BCUT2D eigenvalue weighted by atomic mass is 16.6. The molecule has 1 aliphatic rings. The van der Waals surface area contributed by atoms with Crippen LogP contribution >= 0.6 is 0 Å². The second kappa shape index (κ2) is 7.82. The monoisotopic (exact) mass is 412 g/mol. The van der Waals surface area contributed by atoms with Crippen LogP contribution in [0.25, 0.3) is 0 Å². The van der Waals surface area contributed by atoms with Crippen LogP contribution in [0.4, 0.5) is 10.5 Å². The summed E-state index contributed by atoms with van der Waals surface area (Å²) in [5.41, 5.74) is 2.76. The van der Waals surface area contributed by atoms with Crippen molar-refractivity contribution in [2.75, 3.05) is 6.61 Å². The summed E-state index contributed by atoms with van der Waals surface area (Å²) in [6.07, 6.45) is 0. The highest BCUT2D eigenvalue weighted by Crippen LogP contribution is 2.29. The number of nitro groups is 1. The van der Waals surface area contributed by atoms with Gasteiger partial charge in [-0.05, 0) is 55.7 Å². The predicted molar refractivity (Wildman–Crippen MR) is 105 cm³/mol. The third-order valence-corrected chi connectivity index (χ3v) is 4.79. The van der Waals surface area contributed by atoms with Crippen LogP contribution in [0.1, 0.15) is 23.6 Å². The first kappa shape index (κ1) is 20.8. The van der Waals surface area contributed by atoms with Crippen LogP contribution in [0.2, 0.25) is 0 Å². The quantitative estimate of drug-likeness (QED) is 0.424. The number of nitrogens with zero attached hydrogens (tertiary/aromatic N) is 2. The topological polar surface area (TPSA) is 131 Å². The molecule has 2 aromatic carbocycles. The van der Waals surface area contributed by atoms with Crippen molar-refractivity contribution in [1.29, 1.82) is 0 Å². The SMILES string of the molecule is Cc1ccc(C)c(OCC(=O)NN2C(=O)N[C@@](C)(c3ccc([N+](=O)[O-])cc3)C2=O)c1. The van der Waals surface area contributed by atoms with Crippen molar-refractivity contribution in [3.63, 3.8) is 0 Å². The highest BCUT2D eigenvalue weighted by Gasteiger charge is 2.50. The Morgan fingerprint density at radius 1 is 1.20 bits per heavy atom. The maximum absolute atomic E-state index is 12.8. The van der Waals surface area contributed by atoms with Crippen LogP contribution < -0.4 is 15.5 Å². The van der Waals surface area contributed by atoms with E-state index in [1.165, 1.54) is 31.2 Å². The number of non-ortho nitro benzene ring substituents is 1. The molecule has 10 heteroatoms. The second-order valence-electron chi connectivity index (χ2n) is 7.09. The van der Waals surface area contributed by atoms with Crippen LogP contribution in [0.15, 0.2) is 42.5 Å². The van der Waals surface area contributed by atoms with Gasteiger partial charge in [0.1, 0.15) is 11.3 Å². The second-order valence-corrected chi connectivity index (χ2v) is 7.09. The van der Waals surface area contributed by atoms with Crippen molar-refractivity contribution in [3.8, 4) is 5.75 Å². The Balaban J connectivity index is 1.69. The number of carbonyl (C=O) groups is 3. The fourth-order valence-electron chi connectivity index (χ4n) is 3.02. The largest absolute Gasteiger partial charge is 0.483 e. The zero-order chi connectivity index (χ0) is 22.1. The lowest BCUT2D eigenvalue weighted by Crippen LogP contribution is -2.49. The molecule has 2 N–H and O–H groups in total. The van der Waals surface area contributed by atoms with Gasteiger partial charge in [0.05, 0.1) is 4.92 Å². The normalized spacial score (nSPS) is 18.2. The smallest absolute Gasteiger partial charge is 0.344 e. The van der Waals surface area contributed by atoms with Gasteiger partial charge in [-0.25, -0.2) is 4.79 Å². The minimum atomic E-state index is -1.48. The first-order valence-corrected chi connectivity index (χ1v) is 9.03. The van der Waals surface area contributed by atoms with E-state index in [0.29, 0.717) is 16.3 Å². The van der Waals surface area contributed by atoms with E-state index in [9.17, 15) is 24.5 Å². The van der Waals surface area contributed by atoms with E-state index in [1.807, 2.05) is 26.0 Å². The summed E-state index contributed by atoms with van der Waals surface area (Å²) in [5.74, 6) is -0.883. The van der Waals surface area contributed by atoms with Crippen molar-refractivity contribution in [3.05, 3.63) is 69.3 Å². The number of hydrogen-bond acceptors (Lipinski definition) is 6. The first-order valence-electron chi connectivity index (χ1n) is 9.03. The van der Waals surface area contributed by atoms with Crippen LogP contribution in [0.5, 0.6) is 5.75 Å². The first-order chi connectivity index (χ1) is 14.1. The molecule has 1 saturated heterocycles. The lowest BCUT2D eigenvalue weighted by Gasteiger charge is -2.22. The van der Waals surface area contributed by atoms with Crippen molar-refractivity contribution in [1.82, 2.24) is 15.8 Å². The van der Waals surface area contributed by atoms with E-state index in [1.54, 1.807) is 6.07 Å². The molecule has 0 aliphatic carbocycles. The fourth-order valence-corrected chi connectivity index (χ4v) is 3.02. The number of ether oxygens (including phenoxy) is 1. The van der Waals surface area contributed by atoms with E-state index in [0.717, 1.165) is 11.1 Å². The van der Waals surface area contributed by atoms with Gasteiger partial charge in [0.2, 0.25) is 0 Å². The van der Waals surface area contributed by atoms with Gasteiger partial charge < -0.3 is 10.1 Å². The van der Waals surface area contributed by atoms with Crippen molar-refractivity contribution >= 4 is 23.5 Å². The Kier molecular flexibility index (Phi) is 5.41. The Hall–Kier alpha value is -3.95. The minimum absolute atomic E-state index is 0.145. The van der Waals surface area contributed by atoms with Crippen molar-refractivity contribution < 1.29 is 24.0 Å².